The number of carbonyl (C=O) groups is 2. The van der Waals surface area contributed by atoms with E-state index in [1.54, 1.807) is 30.3 Å². The smallest absolute Gasteiger partial charge is 0.308 e. The average molecular weight is 550 g/mol. The predicted molar refractivity (Wildman–Crippen MR) is 147 cm³/mol. The van der Waals surface area contributed by atoms with E-state index in [4.69, 9.17) is 4.74 Å². The number of esters is 1. The molecule has 1 aromatic heterocycles. The molecule has 0 spiro atoms. The molecule has 0 saturated heterocycles. The van der Waals surface area contributed by atoms with E-state index in [0.717, 1.165) is 32.5 Å². The van der Waals surface area contributed by atoms with Crippen LogP contribution in [0.25, 0.3) is 10.2 Å². The summed E-state index contributed by atoms with van der Waals surface area (Å²) in [6.45, 7) is 3.71. The molecule has 8 nitrogen and oxygen atoms in total. The number of nitrogens with one attached hydrogen (secondary N) is 1. The number of aryl methyl sites for hydroxylation is 2. The number of ether oxygens (including phenoxy) is 1. The first-order valence-electron chi connectivity index (χ1n) is 12.2. The zero-order valence-electron chi connectivity index (χ0n) is 21.0. The first kappa shape index (κ1) is 26.0. The monoisotopic (exact) mass is 549 g/mol. The van der Waals surface area contributed by atoms with Crippen molar-refractivity contribution in [2.24, 2.45) is 0 Å². The second-order valence-electron chi connectivity index (χ2n) is 9.25. The first-order valence-corrected chi connectivity index (χ1v) is 14.5. The van der Waals surface area contributed by atoms with Crippen molar-refractivity contribution < 1.29 is 22.7 Å². The largest absolute Gasteiger partial charge is 0.456 e. The van der Waals surface area contributed by atoms with Crippen LogP contribution in [0.3, 0.4) is 0 Å². The number of nitrogens with zero attached hydrogens (tertiary/aromatic N) is 2. The van der Waals surface area contributed by atoms with Gasteiger partial charge in [-0.05, 0) is 60.7 Å². The van der Waals surface area contributed by atoms with Crippen molar-refractivity contribution in [3.8, 4) is 0 Å². The van der Waals surface area contributed by atoms with Crippen molar-refractivity contribution in [2.45, 2.75) is 37.6 Å². The van der Waals surface area contributed by atoms with E-state index in [1.165, 1.54) is 15.6 Å². The summed E-state index contributed by atoms with van der Waals surface area (Å²) in [7, 11) is -3.85. The topological polar surface area (TPSA) is 106 Å². The van der Waals surface area contributed by atoms with E-state index in [1.807, 2.05) is 50.2 Å². The minimum absolute atomic E-state index is 0.165. The molecule has 1 N–H and O–H groups in total. The van der Waals surface area contributed by atoms with E-state index >= 15 is 0 Å². The fourth-order valence-corrected chi connectivity index (χ4v) is 7.48. The molecule has 4 aromatic rings. The molecule has 0 fully saturated rings. The van der Waals surface area contributed by atoms with Crippen LogP contribution in [0.15, 0.2) is 71.6 Å². The summed E-state index contributed by atoms with van der Waals surface area (Å²) in [6.07, 6.45) is 0.327. The molecule has 1 aliphatic heterocycles. The van der Waals surface area contributed by atoms with E-state index in [2.05, 4.69) is 10.3 Å². The highest BCUT2D eigenvalue weighted by atomic mass is 32.2. The number of fused-ring (bicyclic) bond motifs is 2. The Kier molecular flexibility index (Phi) is 7.29. The molecule has 0 bridgehead atoms. The van der Waals surface area contributed by atoms with Gasteiger partial charge in [-0.1, -0.05) is 59.9 Å². The molecule has 0 saturated carbocycles. The molecule has 1 amide bonds. The Balaban J connectivity index is 1.29. The molecular weight excluding hydrogens is 522 g/mol. The van der Waals surface area contributed by atoms with Gasteiger partial charge in [-0.25, -0.2) is 13.4 Å². The summed E-state index contributed by atoms with van der Waals surface area (Å²) in [5.74, 6) is -1.17. The highest BCUT2D eigenvalue weighted by molar-refractivity contribution is 7.89. The quantitative estimate of drug-likeness (QED) is 0.333. The Morgan fingerprint density at radius 1 is 1.08 bits per heavy atom. The molecule has 10 heteroatoms. The zero-order valence-corrected chi connectivity index (χ0v) is 22.6. The van der Waals surface area contributed by atoms with Crippen LogP contribution in [0.2, 0.25) is 0 Å². The van der Waals surface area contributed by atoms with Crippen molar-refractivity contribution in [2.75, 3.05) is 18.5 Å². The number of aromatic nitrogens is 1. The van der Waals surface area contributed by atoms with Gasteiger partial charge in [0, 0.05) is 6.54 Å². The van der Waals surface area contributed by atoms with Crippen LogP contribution >= 0.6 is 11.3 Å². The lowest BCUT2D eigenvalue weighted by Gasteiger charge is -2.36. The van der Waals surface area contributed by atoms with Crippen molar-refractivity contribution in [1.29, 1.82) is 0 Å². The maximum Gasteiger partial charge on any atom is 0.308 e. The first-order chi connectivity index (χ1) is 18.2. The van der Waals surface area contributed by atoms with E-state index in [9.17, 15) is 18.0 Å². The number of anilines is 1. The summed E-state index contributed by atoms with van der Waals surface area (Å²) >= 11 is 1.35. The summed E-state index contributed by atoms with van der Waals surface area (Å²) in [4.78, 5) is 30.0. The molecule has 1 atom stereocenters. The predicted octanol–water partition coefficient (Wildman–Crippen LogP) is 4.77. The van der Waals surface area contributed by atoms with Gasteiger partial charge in [0.2, 0.25) is 10.0 Å². The minimum atomic E-state index is -3.85. The molecule has 3 aromatic carbocycles. The van der Waals surface area contributed by atoms with Crippen molar-refractivity contribution in [3.63, 3.8) is 0 Å². The highest BCUT2D eigenvalue weighted by Gasteiger charge is 2.37. The number of hydrogen-bond donors (Lipinski definition) is 1. The molecule has 0 radical (unpaired) electrons. The lowest BCUT2D eigenvalue weighted by Crippen LogP contribution is -2.41. The lowest BCUT2D eigenvalue weighted by molar-refractivity contribution is -0.148. The van der Waals surface area contributed by atoms with Gasteiger partial charge in [-0.15, -0.1) is 0 Å². The molecular formula is C28H27N3O5S2. The average Bonchev–Trinajstić information content (AvgIpc) is 3.30. The van der Waals surface area contributed by atoms with Crippen LogP contribution in [0, 0.1) is 13.8 Å². The Hall–Kier alpha value is -3.60. The SMILES string of the molecule is Cc1cc(C)c2nc(NC(=O)COC(=O)CC3c4ccccc4CCN3S(=O)(=O)c3ccccc3)sc2c1. The normalized spacial score (nSPS) is 15.7. The van der Waals surface area contributed by atoms with Crippen molar-refractivity contribution >= 4 is 48.6 Å². The standard InChI is InChI=1S/C28H27N3O5S2/c1-18-14-19(2)27-24(15-18)37-28(30-27)29-25(32)17-36-26(33)16-23-22-11-7-6-8-20(22)12-13-31(23)38(34,35)21-9-4-3-5-10-21/h3-11,14-15,23H,12-13,16-17H2,1-2H3,(H,29,30,32). The molecule has 38 heavy (non-hydrogen) atoms. The Morgan fingerprint density at radius 3 is 2.61 bits per heavy atom. The van der Waals surface area contributed by atoms with E-state index in [-0.39, 0.29) is 17.9 Å². The third-order valence-electron chi connectivity index (χ3n) is 6.51. The summed E-state index contributed by atoms with van der Waals surface area (Å²) in [6, 6.07) is 19.0. The number of carbonyl (C=O) groups excluding carboxylic acids is 2. The molecule has 0 aliphatic carbocycles. The van der Waals surface area contributed by atoms with Crippen LogP contribution < -0.4 is 5.32 Å². The number of benzene rings is 3. The van der Waals surface area contributed by atoms with Gasteiger partial charge in [0.25, 0.3) is 5.91 Å². The van der Waals surface area contributed by atoms with Gasteiger partial charge >= 0.3 is 5.97 Å². The number of sulfonamides is 1. The third-order valence-corrected chi connectivity index (χ3v) is 9.35. The van der Waals surface area contributed by atoms with Crippen molar-refractivity contribution in [3.05, 3.63) is 89.0 Å². The third kappa shape index (κ3) is 5.33. The van der Waals surface area contributed by atoms with Crippen molar-refractivity contribution in [1.82, 2.24) is 9.29 Å². The van der Waals surface area contributed by atoms with Gasteiger partial charge in [0.1, 0.15) is 0 Å². The molecule has 5 rings (SSSR count). The summed E-state index contributed by atoms with van der Waals surface area (Å²) in [5.41, 5.74) is 4.70. The molecule has 1 aliphatic rings. The fraction of sp³-hybridized carbons (Fsp3) is 0.250. The van der Waals surface area contributed by atoms with E-state index in [0.29, 0.717) is 11.6 Å². The summed E-state index contributed by atoms with van der Waals surface area (Å²) < 4.78 is 34.6. The minimum Gasteiger partial charge on any atom is -0.456 e. The fourth-order valence-electron chi connectivity index (χ4n) is 4.80. The number of hydrogen-bond acceptors (Lipinski definition) is 7. The molecule has 2 heterocycles. The molecule has 1 unspecified atom stereocenters. The maximum absolute atomic E-state index is 13.5. The zero-order chi connectivity index (χ0) is 26.9. The number of thiazole rings is 1. The Bertz CT molecular complexity index is 1620. The Morgan fingerprint density at radius 2 is 1.82 bits per heavy atom. The van der Waals surface area contributed by atoms with Crippen LogP contribution in [-0.2, 0) is 30.8 Å². The van der Waals surface area contributed by atoms with Crippen LogP contribution in [0.1, 0.15) is 34.7 Å². The second kappa shape index (κ2) is 10.6. The van der Waals surface area contributed by atoms with Crippen LogP contribution in [0.4, 0.5) is 5.13 Å². The number of amides is 1. The van der Waals surface area contributed by atoms with Crippen LogP contribution in [0.5, 0.6) is 0 Å². The number of rotatable bonds is 7. The lowest BCUT2D eigenvalue weighted by atomic mass is 9.92. The maximum atomic E-state index is 13.5. The second-order valence-corrected chi connectivity index (χ2v) is 12.2. The summed E-state index contributed by atoms with van der Waals surface area (Å²) in [5, 5.41) is 3.12. The highest BCUT2D eigenvalue weighted by Crippen LogP contribution is 2.36. The van der Waals surface area contributed by atoms with Gasteiger partial charge in [0.05, 0.1) is 27.6 Å². The Labute approximate surface area is 225 Å². The van der Waals surface area contributed by atoms with Gasteiger partial charge in [-0.2, -0.15) is 4.31 Å². The van der Waals surface area contributed by atoms with Gasteiger partial charge in [-0.3, -0.25) is 14.9 Å². The molecule has 196 valence electrons. The van der Waals surface area contributed by atoms with Gasteiger partial charge < -0.3 is 4.74 Å². The van der Waals surface area contributed by atoms with E-state index < -0.39 is 34.5 Å². The van der Waals surface area contributed by atoms with Gasteiger partial charge in [0.15, 0.2) is 11.7 Å². The van der Waals surface area contributed by atoms with Crippen LogP contribution in [-0.4, -0.2) is 42.7 Å².